The number of nitriles is 1. The molecule has 1 fully saturated rings. The van der Waals surface area contributed by atoms with Crippen LogP contribution in [0.15, 0.2) is 24.4 Å². The molecule has 0 amide bonds. The number of hydrogen-bond donors (Lipinski definition) is 1. The van der Waals surface area contributed by atoms with Gasteiger partial charge in [0.05, 0.1) is 11.6 Å². The Kier molecular flexibility index (Phi) is 1.84. The first-order valence-corrected chi connectivity index (χ1v) is 5.35. The molecule has 0 spiro atoms. The van der Waals surface area contributed by atoms with E-state index in [-0.39, 0.29) is 11.7 Å². The van der Waals surface area contributed by atoms with Gasteiger partial charge in [0, 0.05) is 28.6 Å². The van der Waals surface area contributed by atoms with E-state index in [4.69, 9.17) is 5.26 Å². The highest BCUT2D eigenvalue weighted by molar-refractivity contribution is 6.09. The molecular formula is C13H10N2O. The fraction of sp³-hybridized carbons (Fsp3) is 0.231. The van der Waals surface area contributed by atoms with E-state index in [2.05, 4.69) is 11.1 Å². The van der Waals surface area contributed by atoms with Crippen molar-refractivity contribution in [2.45, 2.75) is 12.8 Å². The minimum Gasteiger partial charge on any atom is -0.360 e. The van der Waals surface area contributed by atoms with Crippen LogP contribution in [0.25, 0.3) is 10.9 Å². The largest absolute Gasteiger partial charge is 0.360 e. The van der Waals surface area contributed by atoms with Crippen LogP contribution in [0.4, 0.5) is 0 Å². The summed E-state index contributed by atoms with van der Waals surface area (Å²) in [5.41, 5.74) is 2.24. The molecule has 1 aliphatic carbocycles. The third-order valence-electron chi connectivity index (χ3n) is 3.02. The summed E-state index contributed by atoms with van der Waals surface area (Å²) < 4.78 is 0. The monoisotopic (exact) mass is 210 g/mol. The summed E-state index contributed by atoms with van der Waals surface area (Å²) in [6.07, 6.45) is 3.79. The van der Waals surface area contributed by atoms with E-state index in [1.54, 1.807) is 18.3 Å². The normalized spacial score (nSPS) is 14.9. The second kappa shape index (κ2) is 3.21. The summed E-state index contributed by atoms with van der Waals surface area (Å²) in [6.45, 7) is 0. The van der Waals surface area contributed by atoms with Gasteiger partial charge in [-0.15, -0.1) is 0 Å². The lowest BCUT2D eigenvalue weighted by atomic mass is 10.1. The van der Waals surface area contributed by atoms with Crippen LogP contribution in [0.2, 0.25) is 0 Å². The summed E-state index contributed by atoms with van der Waals surface area (Å²) in [4.78, 5) is 15.0. The molecule has 0 atom stereocenters. The molecule has 1 saturated carbocycles. The molecule has 0 aliphatic heterocycles. The van der Waals surface area contributed by atoms with Crippen molar-refractivity contribution in [1.82, 2.24) is 4.98 Å². The Morgan fingerprint density at radius 3 is 2.94 bits per heavy atom. The number of benzene rings is 1. The number of aromatic nitrogens is 1. The highest BCUT2D eigenvalue weighted by Gasteiger charge is 2.31. The van der Waals surface area contributed by atoms with E-state index >= 15 is 0 Å². The van der Waals surface area contributed by atoms with Crippen LogP contribution >= 0.6 is 0 Å². The Morgan fingerprint density at radius 2 is 2.25 bits per heavy atom. The molecule has 1 N–H and O–H groups in total. The lowest BCUT2D eigenvalue weighted by molar-refractivity contribution is 0.0969. The van der Waals surface area contributed by atoms with Gasteiger partial charge in [-0.25, -0.2) is 0 Å². The Morgan fingerprint density at radius 1 is 1.44 bits per heavy atom. The summed E-state index contributed by atoms with van der Waals surface area (Å²) >= 11 is 0. The highest BCUT2D eigenvalue weighted by atomic mass is 16.1. The van der Waals surface area contributed by atoms with Crippen molar-refractivity contribution in [3.8, 4) is 6.07 Å². The standard InChI is InChI=1S/C13H10N2O/c14-6-8-1-4-10-11(7-15-12(10)5-8)13(16)9-2-3-9/h1,4-5,7,9,15H,2-3H2. The van der Waals surface area contributed by atoms with Crippen molar-refractivity contribution in [2.24, 2.45) is 5.92 Å². The molecule has 1 aliphatic rings. The van der Waals surface area contributed by atoms with Gasteiger partial charge in [0.25, 0.3) is 0 Å². The lowest BCUT2D eigenvalue weighted by Crippen LogP contribution is -1.99. The molecule has 0 unspecified atom stereocenters. The van der Waals surface area contributed by atoms with Crippen LogP contribution in [0.3, 0.4) is 0 Å². The molecule has 3 rings (SSSR count). The number of nitrogens with zero attached hydrogens (tertiary/aromatic N) is 1. The zero-order chi connectivity index (χ0) is 11.1. The minimum atomic E-state index is 0.231. The third-order valence-corrected chi connectivity index (χ3v) is 3.02. The predicted octanol–water partition coefficient (Wildman–Crippen LogP) is 2.63. The SMILES string of the molecule is N#Cc1ccc2c(C(=O)C3CC3)c[nH]c2c1. The van der Waals surface area contributed by atoms with E-state index < -0.39 is 0 Å². The fourth-order valence-electron chi connectivity index (χ4n) is 1.97. The van der Waals surface area contributed by atoms with E-state index in [1.165, 1.54) is 0 Å². The molecule has 1 aromatic heterocycles. The Bertz CT molecular complexity index is 614. The van der Waals surface area contributed by atoms with Gasteiger partial charge in [-0.05, 0) is 25.0 Å². The van der Waals surface area contributed by atoms with Gasteiger partial charge in [-0.3, -0.25) is 4.79 Å². The number of carbonyl (C=O) groups excluding carboxylic acids is 1. The Hall–Kier alpha value is -2.08. The number of H-pyrrole nitrogens is 1. The van der Waals surface area contributed by atoms with E-state index in [9.17, 15) is 4.79 Å². The Labute approximate surface area is 92.7 Å². The van der Waals surface area contributed by atoms with Crippen molar-refractivity contribution in [2.75, 3.05) is 0 Å². The van der Waals surface area contributed by atoms with Gasteiger partial charge in [0.1, 0.15) is 0 Å². The maximum atomic E-state index is 12.0. The molecule has 1 heterocycles. The third kappa shape index (κ3) is 1.31. The maximum absolute atomic E-state index is 12.0. The zero-order valence-corrected chi connectivity index (χ0v) is 8.66. The molecule has 3 nitrogen and oxygen atoms in total. The van der Waals surface area contributed by atoms with Crippen molar-refractivity contribution in [3.63, 3.8) is 0 Å². The number of hydrogen-bond acceptors (Lipinski definition) is 2. The summed E-state index contributed by atoms with van der Waals surface area (Å²) in [5.74, 6) is 0.464. The summed E-state index contributed by atoms with van der Waals surface area (Å²) in [6, 6.07) is 7.46. The molecule has 0 radical (unpaired) electrons. The first kappa shape index (κ1) is 9.17. The second-order valence-corrected chi connectivity index (χ2v) is 4.21. The second-order valence-electron chi connectivity index (χ2n) is 4.21. The van der Waals surface area contributed by atoms with Crippen LogP contribution in [0, 0.1) is 17.2 Å². The van der Waals surface area contributed by atoms with Crippen LogP contribution < -0.4 is 0 Å². The van der Waals surface area contributed by atoms with E-state index in [0.717, 1.165) is 29.3 Å². The number of carbonyl (C=O) groups is 1. The van der Waals surface area contributed by atoms with Crippen LogP contribution in [0.5, 0.6) is 0 Å². The van der Waals surface area contributed by atoms with Gasteiger partial charge in [-0.1, -0.05) is 6.07 Å². The molecule has 3 heteroatoms. The quantitative estimate of drug-likeness (QED) is 0.774. The molecule has 16 heavy (non-hydrogen) atoms. The smallest absolute Gasteiger partial charge is 0.168 e. The van der Waals surface area contributed by atoms with Gasteiger partial charge >= 0.3 is 0 Å². The Balaban J connectivity index is 2.13. The average molecular weight is 210 g/mol. The maximum Gasteiger partial charge on any atom is 0.168 e. The summed E-state index contributed by atoms with van der Waals surface area (Å²) in [7, 11) is 0. The topological polar surface area (TPSA) is 56.6 Å². The predicted molar refractivity (Wildman–Crippen MR) is 60.1 cm³/mol. The molecule has 0 bridgehead atoms. The summed E-state index contributed by atoms with van der Waals surface area (Å²) in [5, 5.41) is 9.71. The lowest BCUT2D eigenvalue weighted by Gasteiger charge is -1.96. The number of nitrogens with one attached hydrogen (secondary N) is 1. The van der Waals surface area contributed by atoms with Crippen molar-refractivity contribution >= 4 is 16.7 Å². The molecule has 1 aromatic carbocycles. The van der Waals surface area contributed by atoms with Crippen LogP contribution in [0.1, 0.15) is 28.8 Å². The molecule has 2 aromatic rings. The van der Waals surface area contributed by atoms with Crippen LogP contribution in [-0.4, -0.2) is 10.8 Å². The number of rotatable bonds is 2. The molecule has 0 saturated heterocycles. The highest BCUT2D eigenvalue weighted by Crippen LogP contribution is 2.34. The zero-order valence-electron chi connectivity index (χ0n) is 8.66. The average Bonchev–Trinajstić information content (AvgIpc) is 3.08. The first-order valence-electron chi connectivity index (χ1n) is 5.35. The molecule has 78 valence electrons. The van der Waals surface area contributed by atoms with Gasteiger partial charge in [-0.2, -0.15) is 5.26 Å². The number of aromatic amines is 1. The number of fused-ring (bicyclic) bond motifs is 1. The molecular weight excluding hydrogens is 200 g/mol. The van der Waals surface area contributed by atoms with Gasteiger partial charge in [0.15, 0.2) is 5.78 Å². The number of Topliss-reactive ketones (excluding diaryl/α,β-unsaturated/α-hetero) is 1. The van der Waals surface area contributed by atoms with Gasteiger partial charge in [0.2, 0.25) is 0 Å². The van der Waals surface area contributed by atoms with Crippen molar-refractivity contribution in [1.29, 1.82) is 5.26 Å². The minimum absolute atomic E-state index is 0.231. The van der Waals surface area contributed by atoms with Gasteiger partial charge < -0.3 is 4.98 Å². The van der Waals surface area contributed by atoms with Crippen molar-refractivity contribution < 1.29 is 4.79 Å². The number of ketones is 1. The van der Waals surface area contributed by atoms with E-state index in [1.807, 2.05) is 6.07 Å². The van der Waals surface area contributed by atoms with Crippen molar-refractivity contribution in [3.05, 3.63) is 35.5 Å². The van der Waals surface area contributed by atoms with Crippen LogP contribution in [-0.2, 0) is 0 Å². The van der Waals surface area contributed by atoms with E-state index in [0.29, 0.717) is 5.56 Å². The fourth-order valence-corrected chi connectivity index (χ4v) is 1.97. The first-order chi connectivity index (χ1) is 7.79.